The van der Waals surface area contributed by atoms with Crippen molar-refractivity contribution in [3.05, 3.63) is 53.6 Å². The van der Waals surface area contributed by atoms with Crippen molar-refractivity contribution in [1.29, 1.82) is 0 Å². The molecule has 0 radical (unpaired) electrons. The lowest BCUT2D eigenvalue weighted by Crippen LogP contribution is -2.54. The fourth-order valence-electron chi connectivity index (χ4n) is 7.34. The van der Waals surface area contributed by atoms with Crippen LogP contribution < -0.4 is 15.4 Å². The number of hydrogen-bond acceptors (Lipinski definition) is 6. The molecule has 6 atom stereocenters. The summed E-state index contributed by atoms with van der Waals surface area (Å²) in [7, 11) is 0. The monoisotopic (exact) mass is 577 g/mol. The van der Waals surface area contributed by atoms with Gasteiger partial charge in [-0.3, -0.25) is 14.4 Å². The maximum atomic E-state index is 14.3. The van der Waals surface area contributed by atoms with Gasteiger partial charge in [0, 0.05) is 24.5 Å². The highest BCUT2D eigenvalue weighted by Crippen LogP contribution is 2.65. The van der Waals surface area contributed by atoms with Gasteiger partial charge in [-0.05, 0) is 101 Å². The van der Waals surface area contributed by atoms with Crippen molar-refractivity contribution in [2.45, 2.75) is 77.5 Å². The molecule has 3 unspecified atom stereocenters. The molecule has 2 bridgehead atoms. The largest absolute Gasteiger partial charge is 0.494 e. The smallest absolute Gasteiger partial charge is 0.250 e. The number of likely N-dealkylation sites (tertiary alicyclic amines) is 1. The van der Waals surface area contributed by atoms with E-state index in [1.165, 1.54) is 0 Å². The van der Waals surface area contributed by atoms with Gasteiger partial charge in [0.25, 0.3) is 0 Å². The van der Waals surface area contributed by atoms with Crippen LogP contribution in [0.5, 0.6) is 5.75 Å². The summed E-state index contributed by atoms with van der Waals surface area (Å²) in [6.45, 7) is 10.7. The molecule has 3 heterocycles. The van der Waals surface area contributed by atoms with Crippen LogP contribution in [0.2, 0.25) is 0 Å². The van der Waals surface area contributed by atoms with Crippen LogP contribution in [0.3, 0.4) is 0 Å². The molecule has 3 aliphatic rings. The van der Waals surface area contributed by atoms with E-state index in [1.54, 1.807) is 29.2 Å². The number of aryl methyl sites for hydroxylation is 2. The summed E-state index contributed by atoms with van der Waals surface area (Å²) >= 11 is 0. The zero-order valence-electron chi connectivity index (χ0n) is 25.2. The topological polar surface area (TPSA) is 117 Å². The number of fused-ring (bicyclic) bond motifs is 1. The van der Waals surface area contributed by atoms with E-state index in [-0.39, 0.29) is 30.2 Å². The second kappa shape index (κ2) is 11.7. The first kappa shape index (κ1) is 30.0. The van der Waals surface area contributed by atoms with Gasteiger partial charge >= 0.3 is 0 Å². The molecule has 0 aromatic heterocycles. The predicted molar refractivity (Wildman–Crippen MR) is 160 cm³/mol. The lowest BCUT2D eigenvalue weighted by atomic mass is 9.62. The van der Waals surface area contributed by atoms with E-state index in [0.717, 1.165) is 17.5 Å². The number of nitrogens with one attached hydrogen (secondary N) is 2. The number of aliphatic hydroxyl groups excluding tert-OH is 1. The summed E-state index contributed by atoms with van der Waals surface area (Å²) in [4.78, 5) is 44.1. The Hall–Kier alpha value is -3.43. The van der Waals surface area contributed by atoms with E-state index >= 15 is 0 Å². The van der Waals surface area contributed by atoms with Crippen LogP contribution in [0, 0.1) is 31.6 Å². The Morgan fingerprint density at radius 3 is 2.50 bits per heavy atom. The number of anilines is 2. The normalized spacial score (nSPS) is 29.5. The minimum absolute atomic E-state index is 0.0528. The lowest BCUT2D eigenvalue weighted by Gasteiger charge is -2.36. The SMILES string of the molecule is CCOc1ccc(NC(=O)[C@@H]2[C@H]3C(=O)N(CCCCCO)C(C(=O)Nc4cc(C)ccc4C)C34CC(C)[C@@]2(C)O4)cc1. The third-order valence-electron chi connectivity index (χ3n) is 9.49. The highest BCUT2D eigenvalue weighted by atomic mass is 16.5. The number of ether oxygens (including phenoxy) is 2. The summed E-state index contributed by atoms with van der Waals surface area (Å²) in [5, 5.41) is 15.4. The maximum Gasteiger partial charge on any atom is 0.250 e. The number of unbranched alkanes of at least 4 members (excludes halogenated alkanes) is 2. The molecular formula is C33H43N3O6. The molecule has 2 aromatic rings. The van der Waals surface area contributed by atoms with Crippen molar-refractivity contribution in [3.63, 3.8) is 0 Å². The number of carbonyl (C=O) groups excluding carboxylic acids is 3. The van der Waals surface area contributed by atoms with Crippen LogP contribution in [0.15, 0.2) is 42.5 Å². The maximum absolute atomic E-state index is 14.3. The van der Waals surface area contributed by atoms with Gasteiger partial charge in [0.2, 0.25) is 17.7 Å². The average molecular weight is 578 g/mol. The molecule has 9 nitrogen and oxygen atoms in total. The lowest BCUT2D eigenvalue weighted by molar-refractivity contribution is -0.144. The van der Waals surface area contributed by atoms with Crippen LogP contribution in [0.1, 0.15) is 57.6 Å². The highest BCUT2D eigenvalue weighted by molar-refractivity contribution is 6.05. The van der Waals surface area contributed by atoms with E-state index in [0.29, 0.717) is 49.5 Å². The van der Waals surface area contributed by atoms with Gasteiger partial charge in [0.05, 0.1) is 24.0 Å². The van der Waals surface area contributed by atoms with E-state index in [1.807, 2.05) is 52.8 Å². The molecular weight excluding hydrogens is 534 g/mol. The Morgan fingerprint density at radius 1 is 1.07 bits per heavy atom. The number of carbonyl (C=O) groups is 3. The fraction of sp³-hybridized carbons (Fsp3) is 0.545. The zero-order valence-corrected chi connectivity index (χ0v) is 25.2. The number of benzene rings is 2. The summed E-state index contributed by atoms with van der Waals surface area (Å²) in [5.74, 6) is -1.70. The van der Waals surface area contributed by atoms with Gasteiger partial charge in [-0.1, -0.05) is 19.1 Å². The summed E-state index contributed by atoms with van der Waals surface area (Å²) in [6, 6.07) is 12.2. The summed E-state index contributed by atoms with van der Waals surface area (Å²) in [5.41, 5.74) is 1.21. The molecule has 5 rings (SSSR count). The first-order valence-electron chi connectivity index (χ1n) is 15.1. The van der Waals surface area contributed by atoms with E-state index in [2.05, 4.69) is 10.6 Å². The molecule has 3 aliphatic heterocycles. The van der Waals surface area contributed by atoms with Crippen molar-refractivity contribution in [2.75, 3.05) is 30.4 Å². The van der Waals surface area contributed by atoms with E-state index in [4.69, 9.17) is 9.47 Å². The van der Waals surface area contributed by atoms with Crippen LogP contribution in [0.25, 0.3) is 0 Å². The highest BCUT2D eigenvalue weighted by Gasteiger charge is 2.79. The fourth-order valence-corrected chi connectivity index (χ4v) is 7.34. The Labute approximate surface area is 248 Å². The number of hydrogen-bond donors (Lipinski definition) is 3. The van der Waals surface area contributed by atoms with E-state index < -0.39 is 29.1 Å². The van der Waals surface area contributed by atoms with Crippen molar-refractivity contribution < 1.29 is 29.0 Å². The molecule has 1 spiro atoms. The molecule has 0 aliphatic carbocycles. The van der Waals surface area contributed by atoms with Crippen molar-refractivity contribution >= 4 is 29.1 Å². The van der Waals surface area contributed by atoms with Gasteiger partial charge < -0.3 is 30.1 Å². The molecule has 42 heavy (non-hydrogen) atoms. The number of amides is 3. The molecule has 9 heteroatoms. The van der Waals surface area contributed by atoms with Crippen LogP contribution in [-0.4, -0.2) is 64.7 Å². The minimum atomic E-state index is -1.12. The van der Waals surface area contributed by atoms with E-state index in [9.17, 15) is 19.5 Å². The second-order valence-electron chi connectivity index (χ2n) is 12.3. The Morgan fingerprint density at radius 2 is 1.81 bits per heavy atom. The molecule has 2 aromatic carbocycles. The van der Waals surface area contributed by atoms with Crippen LogP contribution >= 0.6 is 0 Å². The summed E-state index contributed by atoms with van der Waals surface area (Å²) in [6.07, 6.45) is 2.48. The first-order chi connectivity index (χ1) is 20.1. The Kier molecular flexibility index (Phi) is 8.36. The van der Waals surface area contributed by atoms with Gasteiger partial charge in [-0.2, -0.15) is 0 Å². The predicted octanol–water partition coefficient (Wildman–Crippen LogP) is 4.45. The second-order valence-corrected chi connectivity index (χ2v) is 12.3. The van der Waals surface area contributed by atoms with Crippen LogP contribution in [0.4, 0.5) is 11.4 Å². The van der Waals surface area contributed by atoms with Crippen molar-refractivity contribution in [3.8, 4) is 5.75 Å². The molecule has 3 saturated heterocycles. The number of aliphatic hydroxyl groups is 1. The standard InChI is InChI=1S/C33H43N3O6/c1-6-41-24-14-12-23(13-15-24)34-29(38)26-27-31(40)36(16-8-7-9-17-37)28(33(27)19-22(4)32(26,5)42-33)30(39)35-25-18-20(2)10-11-21(25)3/h10-15,18,22,26-28,37H,6-9,16-17,19H2,1-5H3,(H,34,38)(H,35,39)/t22?,26-,27-,28?,32+,33?/m0/s1. The third-order valence-corrected chi connectivity index (χ3v) is 9.49. The molecule has 226 valence electrons. The third kappa shape index (κ3) is 5.07. The molecule has 3 amide bonds. The Balaban J connectivity index is 1.48. The van der Waals surface area contributed by atoms with Gasteiger partial charge in [0.1, 0.15) is 17.4 Å². The Bertz CT molecular complexity index is 1350. The first-order valence-corrected chi connectivity index (χ1v) is 15.1. The molecule has 3 N–H and O–H groups in total. The van der Waals surface area contributed by atoms with Crippen LogP contribution in [-0.2, 0) is 19.1 Å². The quantitative estimate of drug-likeness (QED) is 0.340. The van der Waals surface area contributed by atoms with Gasteiger partial charge in [-0.15, -0.1) is 0 Å². The minimum Gasteiger partial charge on any atom is -0.494 e. The van der Waals surface area contributed by atoms with Crippen molar-refractivity contribution in [1.82, 2.24) is 4.90 Å². The number of nitrogens with zero attached hydrogens (tertiary/aromatic N) is 1. The number of rotatable bonds is 11. The van der Waals surface area contributed by atoms with Gasteiger partial charge in [0.15, 0.2) is 0 Å². The molecule has 0 saturated carbocycles. The summed E-state index contributed by atoms with van der Waals surface area (Å²) < 4.78 is 12.3. The average Bonchev–Trinajstić information content (AvgIpc) is 3.46. The van der Waals surface area contributed by atoms with Crippen molar-refractivity contribution in [2.24, 2.45) is 17.8 Å². The molecule has 3 fully saturated rings. The van der Waals surface area contributed by atoms with Gasteiger partial charge in [-0.25, -0.2) is 0 Å². The zero-order chi connectivity index (χ0) is 30.2.